The van der Waals surface area contributed by atoms with E-state index >= 15 is 0 Å². The van der Waals surface area contributed by atoms with Gasteiger partial charge in [0.1, 0.15) is 11.0 Å². The van der Waals surface area contributed by atoms with Gasteiger partial charge in [0.25, 0.3) is 0 Å². The van der Waals surface area contributed by atoms with Gasteiger partial charge in [0.05, 0.1) is 17.4 Å². The molecule has 0 N–H and O–H groups in total. The fourth-order valence-corrected chi connectivity index (χ4v) is 6.72. The van der Waals surface area contributed by atoms with Crippen molar-refractivity contribution in [1.82, 2.24) is 13.7 Å². The second-order valence-corrected chi connectivity index (χ2v) is 11.7. The number of ketones is 2. The molecule has 5 aromatic rings. The summed E-state index contributed by atoms with van der Waals surface area (Å²) in [7, 11) is 0. The standard InChI is InChI=1S/C34H29N5O2S/c1-20-7-13-23(14-8-20)39(24-15-9-21(2)10-16-24)25-17-11-22(12-18-25)28-19-35-34(31-29(28)37-42-38-31)36-30-26-5-3-4-6-27(26)32(40)33(30)41/h7-19,26-27H,3-6H2,1-2H3. The first-order valence-corrected chi connectivity index (χ1v) is 15.0. The van der Waals surface area contributed by atoms with E-state index in [2.05, 4.69) is 110 Å². The number of carbonyl (C=O) groups is 2. The molecule has 0 saturated heterocycles. The van der Waals surface area contributed by atoms with Gasteiger partial charge < -0.3 is 4.90 Å². The van der Waals surface area contributed by atoms with E-state index in [1.54, 1.807) is 6.20 Å². The average molecular weight is 572 g/mol. The second kappa shape index (κ2) is 10.7. The number of aromatic nitrogens is 3. The Morgan fingerprint density at radius 3 is 1.90 bits per heavy atom. The number of pyridine rings is 1. The molecule has 2 fully saturated rings. The van der Waals surface area contributed by atoms with Crippen LogP contribution in [0.2, 0.25) is 0 Å². The summed E-state index contributed by atoms with van der Waals surface area (Å²) in [5, 5.41) is 0. The number of carbonyl (C=O) groups excluding carboxylic acids is 2. The quantitative estimate of drug-likeness (QED) is 0.200. The van der Waals surface area contributed by atoms with Crippen molar-refractivity contribution >= 4 is 62.9 Å². The zero-order chi connectivity index (χ0) is 28.8. The number of hydrogen-bond acceptors (Lipinski definition) is 8. The van der Waals surface area contributed by atoms with Crippen LogP contribution >= 0.6 is 11.7 Å². The Labute approximate surface area is 248 Å². The molecule has 2 aliphatic carbocycles. The van der Waals surface area contributed by atoms with Gasteiger partial charge in [-0.2, -0.15) is 8.75 Å². The van der Waals surface area contributed by atoms with Crippen molar-refractivity contribution in [3.63, 3.8) is 0 Å². The van der Waals surface area contributed by atoms with Crippen molar-refractivity contribution in [2.24, 2.45) is 16.8 Å². The Bertz CT molecular complexity index is 1800. The number of hydrogen-bond donors (Lipinski definition) is 0. The smallest absolute Gasteiger partial charge is 0.243 e. The lowest BCUT2D eigenvalue weighted by Gasteiger charge is -2.26. The van der Waals surface area contributed by atoms with Gasteiger partial charge in [-0.3, -0.25) is 9.59 Å². The molecule has 7 rings (SSSR count). The molecule has 42 heavy (non-hydrogen) atoms. The molecule has 2 aliphatic rings. The van der Waals surface area contributed by atoms with Crippen LogP contribution in [0.5, 0.6) is 0 Å². The highest BCUT2D eigenvalue weighted by molar-refractivity contribution is 7.00. The number of anilines is 3. The van der Waals surface area contributed by atoms with Crippen molar-refractivity contribution in [2.75, 3.05) is 4.90 Å². The SMILES string of the molecule is Cc1ccc(N(c2ccc(C)cc2)c2ccc(-c3cnc(N=C4C(=O)C(=O)C5CCCCC45)c4nsnc34)cc2)cc1. The third kappa shape index (κ3) is 4.61. The lowest BCUT2D eigenvalue weighted by Crippen LogP contribution is -2.21. The molecule has 2 aromatic heterocycles. The largest absolute Gasteiger partial charge is 0.311 e. The number of benzene rings is 3. The van der Waals surface area contributed by atoms with Crippen LogP contribution in [-0.2, 0) is 9.59 Å². The van der Waals surface area contributed by atoms with E-state index < -0.39 is 5.78 Å². The van der Waals surface area contributed by atoms with E-state index in [0.29, 0.717) is 22.6 Å². The number of aryl methyl sites for hydroxylation is 2. The minimum atomic E-state index is -0.462. The Kier molecular flexibility index (Phi) is 6.70. The molecule has 0 spiro atoms. The van der Waals surface area contributed by atoms with E-state index in [0.717, 1.165) is 65.6 Å². The minimum Gasteiger partial charge on any atom is -0.311 e. The predicted molar refractivity (Wildman–Crippen MR) is 167 cm³/mol. The van der Waals surface area contributed by atoms with Gasteiger partial charge >= 0.3 is 0 Å². The van der Waals surface area contributed by atoms with Crippen LogP contribution in [-0.4, -0.2) is 31.0 Å². The first kappa shape index (κ1) is 26.3. The maximum atomic E-state index is 12.8. The summed E-state index contributed by atoms with van der Waals surface area (Å²) >= 11 is 1.09. The normalized spacial score (nSPS) is 19.4. The van der Waals surface area contributed by atoms with Crippen molar-refractivity contribution in [2.45, 2.75) is 39.5 Å². The third-order valence-corrected chi connectivity index (χ3v) is 8.96. The number of fused-ring (bicyclic) bond motifs is 2. The average Bonchev–Trinajstić information content (AvgIpc) is 3.60. The number of Topliss-reactive ketones (excluding diaryl/α,β-unsaturated/α-hetero) is 2. The molecule has 7 nitrogen and oxygen atoms in total. The van der Waals surface area contributed by atoms with Gasteiger partial charge in [-0.05, 0) is 68.7 Å². The maximum Gasteiger partial charge on any atom is 0.243 e. The van der Waals surface area contributed by atoms with Crippen LogP contribution in [0.25, 0.3) is 22.2 Å². The summed E-state index contributed by atoms with van der Waals surface area (Å²) in [5.74, 6) is -0.749. The molecule has 2 saturated carbocycles. The van der Waals surface area contributed by atoms with E-state index in [4.69, 9.17) is 0 Å². The van der Waals surface area contributed by atoms with Crippen molar-refractivity contribution < 1.29 is 9.59 Å². The molecular formula is C34H29N5O2S. The highest BCUT2D eigenvalue weighted by Crippen LogP contribution is 2.40. The molecule has 0 amide bonds. The number of rotatable bonds is 5. The summed E-state index contributed by atoms with van der Waals surface area (Å²) in [6.45, 7) is 4.18. The summed E-state index contributed by atoms with van der Waals surface area (Å²) in [6, 6.07) is 25.4. The molecule has 2 heterocycles. The van der Waals surface area contributed by atoms with Crippen LogP contribution in [0.4, 0.5) is 22.9 Å². The highest BCUT2D eigenvalue weighted by atomic mass is 32.1. The Morgan fingerprint density at radius 1 is 0.738 bits per heavy atom. The predicted octanol–water partition coefficient (Wildman–Crippen LogP) is 7.87. The van der Waals surface area contributed by atoms with Gasteiger partial charge in [0, 0.05) is 40.7 Å². The summed E-state index contributed by atoms with van der Waals surface area (Å²) in [4.78, 5) is 36.9. The van der Waals surface area contributed by atoms with Gasteiger partial charge in [-0.1, -0.05) is 60.4 Å². The molecule has 208 valence electrons. The van der Waals surface area contributed by atoms with Crippen LogP contribution in [0.15, 0.2) is 84.0 Å². The van der Waals surface area contributed by atoms with Crippen molar-refractivity contribution in [3.05, 3.63) is 90.1 Å². The summed E-state index contributed by atoms with van der Waals surface area (Å²) in [6.07, 6.45) is 5.30. The lowest BCUT2D eigenvalue weighted by atomic mass is 9.81. The van der Waals surface area contributed by atoms with Crippen LogP contribution in [0.3, 0.4) is 0 Å². The highest BCUT2D eigenvalue weighted by Gasteiger charge is 2.47. The van der Waals surface area contributed by atoms with E-state index in [1.807, 2.05) is 0 Å². The van der Waals surface area contributed by atoms with Crippen LogP contribution in [0, 0.1) is 25.7 Å². The minimum absolute atomic E-state index is 0.112. The Morgan fingerprint density at radius 2 is 1.29 bits per heavy atom. The summed E-state index contributed by atoms with van der Waals surface area (Å²) in [5.41, 5.74) is 8.98. The molecule has 3 aromatic carbocycles. The molecule has 2 unspecified atom stereocenters. The zero-order valence-corrected chi connectivity index (χ0v) is 24.3. The fraction of sp³-hybridized carbons (Fsp3) is 0.235. The van der Waals surface area contributed by atoms with Gasteiger partial charge in [-0.15, -0.1) is 0 Å². The molecule has 8 heteroatoms. The van der Waals surface area contributed by atoms with Gasteiger partial charge in [0.15, 0.2) is 5.82 Å². The van der Waals surface area contributed by atoms with Crippen LogP contribution < -0.4 is 4.90 Å². The molecular weight excluding hydrogens is 542 g/mol. The number of aliphatic imine (C=N–C) groups is 1. The molecule has 2 atom stereocenters. The van der Waals surface area contributed by atoms with E-state index in [9.17, 15) is 9.59 Å². The Hall–Kier alpha value is -4.56. The molecule has 0 radical (unpaired) electrons. The van der Waals surface area contributed by atoms with E-state index in [1.165, 1.54) is 11.1 Å². The molecule has 0 aliphatic heterocycles. The van der Waals surface area contributed by atoms with Crippen molar-refractivity contribution in [1.29, 1.82) is 0 Å². The molecule has 0 bridgehead atoms. The fourth-order valence-electron chi connectivity index (χ4n) is 6.16. The zero-order valence-electron chi connectivity index (χ0n) is 23.4. The number of nitrogens with zero attached hydrogens (tertiary/aromatic N) is 5. The van der Waals surface area contributed by atoms with Gasteiger partial charge in [0.2, 0.25) is 11.6 Å². The second-order valence-electron chi connectivity index (χ2n) is 11.2. The van der Waals surface area contributed by atoms with Gasteiger partial charge in [-0.25, -0.2) is 9.98 Å². The maximum absolute atomic E-state index is 12.8. The van der Waals surface area contributed by atoms with E-state index in [-0.39, 0.29) is 17.6 Å². The Balaban J connectivity index is 1.25. The third-order valence-electron chi connectivity index (χ3n) is 8.43. The topological polar surface area (TPSA) is 88.4 Å². The first-order chi connectivity index (χ1) is 20.5. The van der Waals surface area contributed by atoms with Crippen molar-refractivity contribution in [3.8, 4) is 11.1 Å². The first-order valence-electron chi connectivity index (χ1n) is 14.3. The lowest BCUT2D eigenvalue weighted by molar-refractivity contribution is -0.134. The van der Waals surface area contributed by atoms with Crippen LogP contribution in [0.1, 0.15) is 36.8 Å². The summed E-state index contributed by atoms with van der Waals surface area (Å²) < 4.78 is 9.06. The monoisotopic (exact) mass is 571 g/mol.